The number of aromatic nitrogens is 1. The topological polar surface area (TPSA) is 26.0 Å². The van der Waals surface area contributed by atoms with Crippen LogP contribution in [-0.2, 0) is 0 Å². The molecule has 3 heteroatoms. The molecule has 1 heterocycles. The van der Waals surface area contributed by atoms with Gasteiger partial charge >= 0.3 is 0 Å². The van der Waals surface area contributed by atoms with Crippen LogP contribution in [0, 0.1) is 5.82 Å². The maximum Gasteiger partial charge on any atom is 0.166 e. The molecule has 0 spiro atoms. The van der Waals surface area contributed by atoms with E-state index in [1.165, 1.54) is 18.2 Å². The summed E-state index contributed by atoms with van der Waals surface area (Å²) in [5, 5.41) is 3.41. The number of nitrogens with zero attached hydrogens (tertiary/aromatic N) is 1. The Kier molecular flexibility index (Phi) is 1.37. The first-order valence-electron chi connectivity index (χ1n) is 3.95. The van der Waals surface area contributed by atoms with Gasteiger partial charge in [-0.2, -0.15) is 0 Å². The molecule has 0 aliphatic rings. The van der Waals surface area contributed by atoms with Crippen molar-refractivity contribution >= 4 is 0 Å². The van der Waals surface area contributed by atoms with Gasteiger partial charge in [-0.15, -0.1) is 0 Å². The maximum absolute atomic E-state index is 12.5. The van der Waals surface area contributed by atoms with E-state index in [1.807, 2.05) is 0 Å². The predicted octanol–water partition coefficient (Wildman–Crippen LogP) is 2.48. The van der Waals surface area contributed by atoms with E-state index in [1.54, 1.807) is 12.1 Å². The van der Waals surface area contributed by atoms with Crippen molar-refractivity contribution in [1.82, 2.24) is 5.16 Å². The Labute approximate surface area is 70.0 Å². The molecular formula is C9H6FNO. The van der Waals surface area contributed by atoms with Gasteiger partial charge in [-0.25, -0.2) is 4.39 Å². The molecule has 0 radical (unpaired) electrons. The molecule has 2 rings (SSSR count). The highest BCUT2D eigenvalue weighted by molar-refractivity contribution is 5.55. The lowest BCUT2D eigenvalue weighted by Gasteiger charge is -1.93. The van der Waals surface area contributed by atoms with Gasteiger partial charge in [-0.05, 0) is 24.3 Å². The van der Waals surface area contributed by atoms with Gasteiger partial charge in [0, 0.05) is 11.6 Å². The summed E-state index contributed by atoms with van der Waals surface area (Å²) in [6, 6.07) is 7.31. The number of hydrogen-bond acceptors (Lipinski definition) is 2. The first kappa shape index (κ1) is 5.94. The van der Waals surface area contributed by atoms with Crippen molar-refractivity contribution in [2.45, 2.75) is 0 Å². The summed E-state index contributed by atoms with van der Waals surface area (Å²) in [5.74, 6) is 0.180. The van der Waals surface area contributed by atoms with Crippen molar-refractivity contribution in [3.05, 3.63) is 42.3 Å². The summed E-state index contributed by atoms with van der Waals surface area (Å²) in [7, 11) is 0. The largest absolute Gasteiger partial charge is 0.356 e. The Bertz CT molecular complexity index is 410. The third kappa shape index (κ3) is 1.21. The molecule has 1 aromatic carbocycles. The molecule has 0 N–H and O–H groups in total. The van der Waals surface area contributed by atoms with Crippen LogP contribution in [0.2, 0.25) is 0 Å². The molecule has 0 aliphatic heterocycles. The van der Waals surface area contributed by atoms with Crippen molar-refractivity contribution in [1.29, 1.82) is 0 Å². The molecule has 1 aromatic heterocycles. The summed E-state index contributed by atoms with van der Waals surface area (Å²) < 4.78 is 24.5. The third-order valence-electron chi connectivity index (χ3n) is 1.52. The average Bonchev–Trinajstić information content (AvgIpc) is 2.53. The van der Waals surface area contributed by atoms with Gasteiger partial charge in [0.2, 0.25) is 0 Å². The van der Waals surface area contributed by atoms with Crippen LogP contribution in [0.15, 0.2) is 41.0 Å². The number of halogens is 1. The lowest BCUT2D eigenvalue weighted by molar-refractivity contribution is 0.432. The van der Waals surface area contributed by atoms with E-state index in [0.717, 1.165) is 0 Å². The molecule has 2 aromatic rings. The minimum Gasteiger partial charge on any atom is -0.356 e. The molecule has 0 bridgehead atoms. The highest BCUT2D eigenvalue weighted by Crippen LogP contribution is 2.17. The van der Waals surface area contributed by atoms with E-state index < -0.39 is 0 Å². The van der Waals surface area contributed by atoms with Crippen molar-refractivity contribution < 1.29 is 10.3 Å². The zero-order chi connectivity index (χ0) is 9.26. The SMILES string of the molecule is [2H]c1cc(-c2ccc(F)cc2)on1. The van der Waals surface area contributed by atoms with Crippen molar-refractivity contribution in [3.8, 4) is 11.3 Å². The monoisotopic (exact) mass is 164 g/mol. The molecule has 60 valence electrons. The normalized spacial score (nSPS) is 11.2. The molecule has 2 nitrogen and oxygen atoms in total. The van der Waals surface area contributed by atoms with Crippen LogP contribution < -0.4 is 0 Å². The predicted molar refractivity (Wildman–Crippen MR) is 41.9 cm³/mol. The van der Waals surface area contributed by atoms with E-state index in [-0.39, 0.29) is 12.0 Å². The van der Waals surface area contributed by atoms with Gasteiger partial charge in [0.25, 0.3) is 0 Å². The second kappa shape index (κ2) is 2.77. The second-order valence-electron chi connectivity index (χ2n) is 2.33. The Morgan fingerprint density at radius 2 is 2.00 bits per heavy atom. The van der Waals surface area contributed by atoms with Gasteiger partial charge < -0.3 is 4.52 Å². The fraction of sp³-hybridized carbons (Fsp3) is 0. The number of benzene rings is 1. The standard InChI is InChI=1S/C9H6FNO/c10-8-3-1-7(2-4-8)9-5-6-11-12-9/h1-6H/i6D. The highest BCUT2D eigenvalue weighted by Gasteiger charge is 2.00. The Morgan fingerprint density at radius 1 is 1.25 bits per heavy atom. The first-order valence-corrected chi connectivity index (χ1v) is 3.45. The number of rotatable bonds is 1. The lowest BCUT2D eigenvalue weighted by Crippen LogP contribution is -1.74. The van der Waals surface area contributed by atoms with E-state index in [9.17, 15) is 4.39 Å². The zero-order valence-corrected chi connectivity index (χ0v) is 6.12. The third-order valence-corrected chi connectivity index (χ3v) is 1.52. The lowest BCUT2D eigenvalue weighted by atomic mass is 10.2. The highest BCUT2D eigenvalue weighted by atomic mass is 19.1. The van der Waals surface area contributed by atoms with Gasteiger partial charge in [0.05, 0.1) is 7.54 Å². The van der Waals surface area contributed by atoms with Crippen LogP contribution in [0.25, 0.3) is 11.3 Å². The smallest absolute Gasteiger partial charge is 0.166 e. The van der Waals surface area contributed by atoms with Crippen LogP contribution in [0.3, 0.4) is 0 Å². The molecule has 0 aliphatic carbocycles. The summed E-state index contributed by atoms with van der Waals surface area (Å²) in [5.41, 5.74) is 0.715. The Morgan fingerprint density at radius 3 is 2.58 bits per heavy atom. The molecule has 12 heavy (non-hydrogen) atoms. The molecule has 0 saturated heterocycles. The maximum atomic E-state index is 12.5. The van der Waals surface area contributed by atoms with Gasteiger partial charge in [-0.1, -0.05) is 5.16 Å². The van der Waals surface area contributed by atoms with E-state index in [2.05, 4.69) is 5.16 Å². The van der Waals surface area contributed by atoms with E-state index in [0.29, 0.717) is 11.3 Å². The zero-order valence-electron chi connectivity index (χ0n) is 7.12. The minimum absolute atomic E-state index is 0.0688. The van der Waals surface area contributed by atoms with Crippen molar-refractivity contribution in [3.63, 3.8) is 0 Å². The summed E-state index contributed by atoms with van der Waals surface area (Å²) in [6.07, 6.45) is 0.0688. The molecule has 0 fully saturated rings. The Hall–Kier alpha value is -1.64. The molecule has 0 atom stereocenters. The van der Waals surface area contributed by atoms with Crippen molar-refractivity contribution in [2.75, 3.05) is 0 Å². The summed E-state index contributed by atoms with van der Waals surface area (Å²) >= 11 is 0. The molecule has 0 saturated carbocycles. The second-order valence-corrected chi connectivity index (χ2v) is 2.33. The average molecular weight is 164 g/mol. The number of hydrogen-bond donors (Lipinski definition) is 0. The van der Waals surface area contributed by atoms with Crippen LogP contribution in [0.1, 0.15) is 1.37 Å². The van der Waals surface area contributed by atoms with Crippen LogP contribution in [-0.4, -0.2) is 5.16 Å². The fourth-order valence-corrected chi connectivity index (χ4v) is 0.937. The van der Waals surface area contributed by atoms with Gasteiger partial charge in [0.15, 0.2) is 5.76 Å². The van der Waals surface area contributed by atoms with Crippen LogP contribution >= 0.6 is 0 Å². The van der Waals surface area contributed by atoms with Crippen LogP contribution in [0.4, 0.5) is 4.39 Å². The minimum atomic E-state index is -0.297. The molecule has 0 unspecified atom stereocenters. The Balaban J connectivity index is 2.41. The van der Waals surface area contributed by atoms with Gasteiger partial charge in [-0.3, -0.25) is 0 Å². The first-order chi connectivity index (χ1) is 6.25. The molecular weight excluding hydrogens is 157 g/mol. The fourth-order valence-electron chi connectivity index (χ4n) is 0.937. The quantitative estimate of drug-likeness (QED) is 0.647. The summed E-state index contributed by atoms with van der Waals surface area (Å²) in [6.45, 7) is 0. The van der Waals surface area contributed by atoms with Crippen molar-refractivity contribution in [2.24, 2.45) is 0 Å². The van der Waals surface area contributed by atoms with Gasteiger partial charge in [0.1, 0.15) is 5.82 Å². The summed E-state index contributed by atoms with van der Waals surface area (Å²) in [4.78, 5) is 0. The van der Waals surface area contributed by atoms with E-state index in [4.69, 9.17) is 5.89 Å². The van der Waals surface area contributed by atoms with Crippen LogP contribution in [0.5, 0.6) is 0 Å². The molecule has 0 amide bonds. The van der Waals surface area contributed by atoms with E-state index >= 15 is 0 Å².